The number of aliphatic carboxylic acids is 1. The average Bonchev–Trinajstić information content (AvgIpc) is 2.70. The van der Waals surface area contributed by atoms with E-state index in [1.54, 1.807) is 6.07 Å². The van der Waals surface area contributed by atoms with Crippen molar-refractivity contribution in [3.63, 3.8) is 0 Å². The van der Waals surface area contributed by atoms with Crippen LogP contribution < -0.4 is 10.1 Å². The maximum Gasteiger partial charge on any atom is 0.341 e. The summed E-state index contributed by atoms with van der Waals surface area (Å²) in [6, 6.07) is 13.4. The minimum absolute atomic E-state index is 0.117. The number of ether oxygens (including phenoxy) is 2. The number of hydrogen-bond acceptors (Lipinski definition) is 4. The van der Waals surface area contributed by atoms with Crippen LogP contribution in [0.3, 0.4) is 0 Å². The molecule has 1 amide bonds. The van der Waals surface area contributed by atoms with Gasteiger partial charge in [0.2, 0.25) is 5.91 Å². The first-order valence-corrected chi connectivity index (χ1v) is 11.4. The van der Waals surface area contributed by atoms with Gasteiger partial charge in [-0.25, -0.2) is 4.79 Å². The van der Waals surface area contributed by atoms with E-state index in [0.717, 1.165) is 16.7 Å². The van der Waals surface area contributed by atoms with E-state index < -0.39 is 24.2 Å². The summed E-state index contributed by atoms with van der Waals surface area (Å²) in [6.07, 6.45) is 0.364. The van der Waals surface area contributed by atoms with Gasteiger partial charge in [0.05, 0.1) is 12.2 Å². The van der Waals surface area contributed by atoms with Crippen molar-refractivity contribution < 1.29 is 24.2 Å². The molecule has 178 valence electrons. The van der Waals surface area contributed by atoms with E-state index in [4.69, 9.17) is 21.1 Å². The Bertz CT molecular complexity index is 1030. The van der Waals surface area contributed by atoms with Crippen LogP contribution >= 0.6 is 11.6 Å². The highest BCUT2D eigenvalue weighted by molar-refractivity contribution is 6.30. The first kappa shape index (κ1) is 25.1. The van der Waals surface area contributed by atoms with Crippen LogP contribution in [0.25, 0.3) is 0 Å². The van der Waals surface area contributed by atoms with Gasteiger partial charge in [-0.2, -0.15) is 0 Å². The standard InChI is InChI=1S/C26H32ClNO5/c1-16(29)28-26(5)13-22(17-7-6-8-19(27)11-17)33-23(14-26)20-10-9-18(25(2,3)4)12-21(20)32-15-24(30)31/h6-12,22-23H,13-15H2,1-5H3,(H,28,29)(H,30,31)/t22-,23+,26-/m0/s1. The zero-order valence-corrected chi connectivity index (χ0v) is 20.5. The smallest absolute Gasteiger partial charge is 0.341 e. The third kappa shape index (κ3) is 6.49. The minimum Gasteiger partial charge on any atom is -0.482 e. The van der Waals surface area contributed by atoms with Gasteiger partial charge < -0.3 is 19.9 Å². The van der Waals surface area contributed by atoms with Crippen molar-refractivity contribution in [1.82, 2.24) is 5.32 Å². The number of hydrogen-bond donors (Lipinski definition) is 2. The molecule has 6 nitrogen and oxygen atoms in total. The fourth-order valence-corrected chi connectivity index (χ4v) is 4.54. The highest BCUT2D eigenvalue weighted by Gasteiger charge is 2.41. The summed E-state index contributed by atoms with van der Waals surface area (Å²) in [6.45, 7) is 9.32. The number of carboxylic acid groups (broad SMARTS) is 1. The Hall–Kier alpha value is -2.57. The van der Waals surface area contributed by atoms with E-state index in [0.29, 0.717) is 23.6 Å². The lowest BCUT2D eigenvalue weighted by atomic mass is 9.80. The zero-order chi connectivity index (χ0) is 24.4. The predicted octanol–water partition coefficient (Wildman–Crippen LogP) is 5.59. The average molecular weight is 474 g/mol. The topological polar surface area (TPSA) is 84.9 Å². The van der Waals surface area contributed by atoms with Crippen molar-refractivity contribution in [1.29, 1.82) is 0 Å². The number of benzene rings is 2. The molecule has 1 aliphatic heterocycles. The number of nitrogens with one attached hydrogen (secondary N) is 1. The number of amides is 1. The number of halogens is 1. The Morgan fingerprint density at radius 3 is 2.48 bits per heavy atom. The molecular weight excluding hydrogens is 442 g/mol. The number of rotatable bonds is 6. The summed E-state index contributed by atoms with van der Waals surface area (Å²) in [5, 5.41) is 12.9. The molecule has 33 heavy (non-hydrogen) atoms. The van der Waals surface area contributed by atoms with Crippen molar-refractivity contribution in [3.05, 3.63) is 64.2 Å². The SMILES string of the molecule is CC(=O)N[C@@]1(C)C[C@@H](c2cccc(Cl)c2)O[C@@H](c2ccc(C(C)(C)C)cc2OCC(=O)O)C1. The molecule has 0 bridgehead atoms. The molecule has 2 aromatic carbocycles. The summed E-state index contributed by atoms with van der Waals surface area (Å²) in [4.78, 5) is 23.2. The summed E-state index contributed by atoms with van der Waals surface area (Å²) < 4.78 is 12.2. The summed E-state index contributed by atoms with van der Waals surface area (Å²) in [7, 11) is 0. The van der Waals surface area contributed by atoms with Crippen molar-refractivity contribution >= 4 is 23.5 Å². The largest absolute Gasteiger partial charge is 0.482 e. The highest BCUT2D eigenvalue weighted by Crippen LogP contribution is 2.46. The number of carbonyl (C=O) groups excluding carboxylic acids is 1. The highest BCUT2D eigenvalue weighted by atomic mass is 35.5. The van der Waals surface area contributed by atoms with Crippen LogP contribution in [-0.4, -0.2) is 29.1 Å². The summed E-state index contributed by atoms with van der Waals surface area (Å²) in [5.41, 5.74) is 2.03. The molecule has 2 aromatic rings. The normalized spacial score (nSPS) is 23.1. The summed E-state index contributed by atoms with van der Waals surface area (Å²) in [5.74, 6) is -0.688. The van der Waals surface area contributed by atoms with Crippen molar-refractivity contribution in [3.8, 4) is 5.75 Å². The van der Waals surface area contributed by atoms with Crippen molar-refractivity contribution in [2.24, 2.45) is 0 Å². The van der Waals surface area contributed by atoms with Crippen LogP contribution in [0.4, 0.5) is 0 Å². The lowest BCUT2D eigenvalue weighted by Crippen LogP contribution is -2.50. The maximum atomic E-state index is 12.0. The molecule has 3 atom stereocenters. The molecule has 0 unspecified atom stereocenters. The second kappa shape index (κ2) is 9.74. The minimum atomic E-state index is -1.05. The Morgan fingerprint density at radius 2 is 1.88 bits per heavy atom. The quantitative estimate of drug-likeness (QED) is 0.571. The molecule has 0 saturated carbocycles. The van der Waals surface area contributed by atoms with Crippen LogP contribution in [0, 0.1) is 0 Å². The predicted molar refractivity (Wildman–Crippen MR) is 128 cm³/mol. The van der Waals surface area contributed by atoms with Gasteiger partial charge in [0.1, 0.15) is 5.75 Å². The zero-order valence-electron chi connectivity index (χ0n) is 19.8. The molecule has 1 heterocycles. The Balaban J connectivity index is 2.04. The molecular formula is C26H32ClNO5. The molecule has 0 radical (unpaired) electrons. The van der Waals surface area contributed by atoms with E-state index in [9.17, 15) is 14.7 Å². The van der Waals surface area contributed by atoms with Crippen LogP contribution in [0.15, 0.2) is 42.5 Å². The number of carboxylic acids is 1. The van der Waals surface area contributed by atoms with E-state index in [1.807, 2.05) is 43.3 Å². The summed E-state index contributed by atoms with van der Waals surface area (Å²) >= 11 is 6.23. The maximum absolute atomic E-state index is 12.0. The van der Waals surface area contributed by atoms with Gasteiger partial charge in [-0.1, -0.05) is 56.6 Å². The monoisotopic (exact) mass is 473 g/mol. The number of carbonyl (C=O) groups is 2. The molecule has 7 heteroatoms. The van der Waals surface area contributed by atoms with Crippen LogP contribution in [0.1, 0.15) is 76.4 Å². The van der Waals surface area contributed by atoms with Crippen LogP contribution in [0.5, 0.6) is 5.75 Å². The second-order valence-corrected chi connectivity index (χ2v) is 10.4. The van der Waals surface area contributed by atoms with Gasteiger partial charge in [0, 0.05) is 35.9 Å². The fourth-order valence-electron chi connectivity index (χ4n) is 4.34. The van der Waals surface area contributed by atoms with E-state index in [-0.39, 0.29) is 17.4 Å². The first-order valence-electron chi connectivity index (χ1n) is 11.0. The van der Waals surface area contributed by atoms with Gasteiger partial charge in [-0.15, -0.1) is 0 Å². The van der Waals surface area contributed by atoms with Gasteiger partial charge in [-0.3, -0.25) is 4.79 Å². The molecule has 0 aliphatic carbocycles. The van der Waals surface area contributed by atoms with Crippen LogP contribution in [-0.2, 0) is 19.7 Å². The molecule has 1 aliphatic rings. The van der Waals surface area contributed by atoms with E-state index >= 15 is 0 Å². The second-order valence-electron chi connectivity index (χ2n) is 10.0. The van der Waals surface area contributed by atoms with Crippen molar-refractivity contribution in [2.75, 3.05) is 6.61 Å². The van der Waals surface area contributed by atoms with Gasteiger partial charge in [0.15, 0.2) is 6.61 Å². The molecule has 0 aromatic heterocycles. The molecule has 2 N–H and O–H groups in total. The molecule has 0 spiro atoms. The Morgan fingerprint density at radius 1 is 1.18 bits per heavy atom. The third-order valence-electron chi connectivity index (χ3n) is 5.88. The van der Waals surface area contributed by atoms with Gasteiger partial charge in [-0.05, 0) is 41.7 Å². The van der Waals surface area contributed by atoms with E-state index in [2.05, 4.69) is 26.1 Å². The lowest BCUT2D eigenvalue weighted by Gasteiger charge is -2.43. The Labute approximate surface area is 200 Å². The van der Waals surface area contributed by atoms with Gasteiger partial charge >= 0.3 is 5.97 Å². The van der Waals surface area contributed by atoms with E-state index in [1.165, 1.54) is 6.92 Å². The fraction of sp³-hybridized carbons (Fsp3) is 0.462. The Kier molecular flexibility index (Phi) is 7.39. The van der Waals surface area contributed by atoms with Gasteiger partial charge in [0.25, 0.3) is 0 Å². The lowest BCUT2D eigenvalue weighted by molar-refractivity contribution is -0.139. The first-order chi connectivity index (χ1) is 15.4. The molecule has 1 saturated heterocycles. The van der Waals surface area contributed by atoms with Crippen molar-refractivity contribution in [2.45, 2.75) is 70.6 Å². The third-order valence-corrected chi connectivity index (χ3v) is 6.11. The molecule has 3 rings (SSSR count). The van der Waals surface area contributed by atoms with Crippen LogP contribution in [0.2, 0.25) is 5.02 Å². The molecule has 1 fully saturated rings.